The average Bonchev–Trinajstić information content (AvgIpc) is 3.07. The van der Waals surface area contributed by atoms with E-state index < -0.39 is 0 Å². The first-order valence-corrected chi connectivity index (χ1v) is 19.7. The molecule has 0 atom stereocenters. The van der Waals surface area contributed by atoms with Gasteiger partial charge in [0.25, 0.3) is 0 Å². The molecule has 8 saturated carbocycles. The fourth-order valence-electron chi connectivity index (χ4n) is 13.0. The quantitative estimate of drug-likeness (QED) is 0.0969. The van der Waals surface area contributed by atoms with Gasteiger partial charge in [-0.05, 0) is 167 Å². The van der Waals surface area contributed by atoms with Gasteiger partial charge >= 0.3 is 0 Å². The van der Waals surface area contributed by atoms with Crippen molar-refractivity contribution in [3.05, 3.63) is 71.8 Å². The Bertz CT molecular complexity index is 1940. The van der Waals surface area contributed by atoms with Crippen LogP contribution in [-0.2, 0) is 10.8 Å². The molecule has 9 heteroatoms. The van der Waals surface area contributed by atoms with E-state index in [4.69, 9.17) is 48.6 Å². The summed E-state index contributed by atoms with van der Waals surface area (Å²) in [6, 6.07) is 18.6. The molecule has 8 bridgehead atoms. The van der Waals surface area contributed by atoms with Gasteiger partial charge in [0.1, 0.15) is 34.5 Å². The van der Waals surface area contributed by atoms with E-state index in [1.165, 1.54) is 38.5 Å². The molecule has 8 fully saturated rings. The Morgan fingerprint density at radius 2 is 0.679 bits per heavy atom. The highest BCUT2D eigenvalue weighted by atomic mass is 16.5. The van der Waals surface area contributed by atoms with Gasteiger partial charge in [-0.15, -0.1) is 0 Å². The maximum atomic E-state index is 7.42. The van der Waals surface area contributed by atoms with Crippen LogP contribution in [0.3, 0.4) is 0 Å². The van der Waals surface area contributed by atoms with Crippen molar-refractivity contribution < 1.29 is 14.2 Å². The summed E-state index contributed by atoms with van der Waals surface area (Å²) in [7, 11) is 0. The normalized spacial score (nSPS) is 31.8. The number of hydrogen-bond acceptors (Lipinski definition) is 9. The van der Waals surface area contributed by atoms with Crippen LogP contribution >= 0.6 is 0 Å². The van der Waals surface area contributed by atoms with Gasteiger partial charge in [0.05, 0.1) is 17.1 Å². The summed E-state index contributed by atoms with van der Waals surface area (Å²) in [4.78, 5) is 0. The lowest BCUT2D eigenvalue weighted by molar-refractivity contribution is -0.0110. The minimum absolute atomic E-state index is 0.139. The van der Waals surface area contributed by atoms with Crippen LogP contribution in [0.25, 0.3) is 0 Å². The molecule has 0 aromatic heterocycles. The summed E-state index contributed by atoms with van der Waals surface area (Å²) in [6.07, 6.45) is 14.5. The van der Waals surface area contributed by atoms with Gasteiger partial charge in [-0.3, -0.25) is 0 Å². The Kier molecular flexibility index (Phi) is 7.28. The molecule has 0 spiro atoms. The maximum Gasteiger partial charge on any atom is 0.150 e. The van der Waals surface area contributed by atoms with Crippen molar-refractivity contribution in [2.24, 2.45) is 35.5 Å². The van der Waals surface area contributed by atoms with E-state index in [9.17, 15) is 0 Å². The van der Waals surface area contributed by atoms with E-state index in [0.29, 0.717) is 98.4 Å². The molecule has 276 valence electrons. The number of nitrogens with two attached hydrogens (primary N) is 6. The molecule has 4 aromatic carbocycles. The summed E-state index contributed by atoms with van der Waals surface area (Å²) < 4.78 is 21.6. The molecule has 0 radical (unpaired) electrons. The van der Waals surface area contributed by atoms with Crippen molar-refractivity contribution in [2.45, 2.75) is 87.9 Å². The van der Waals surface area contributed by atoms with Crippen molar-refractivity contribution in [3.8, 4) is 34.5 Å². The average molecular weight is 713 g/mol. The van der Waals surface area contributed by atoms with Crippen LogP contribution in [0.2, 0.25) is 0 Å². The van der Waals surface area contributed by atoms with Crippen molar-refractivity contribution in [1.29, 1.82) is 0 Å². The fraction of sp³-hybridized carbons (Fsp3) is 0.455. The van der Waals surface area contributed by atoms with Gasteiger partial charge in [-0.2, -0.15) is 0 Å². The summed E-state index contributed by atoms with van der Waals surface area (Å²) in [5, 5.41) is 0. The topological polar surface area (TPSA) is 184 Å². The molecule has 8 aliphatic rings. The monoisotopic (exact) mass is 712 g/mol. The highest BCUT2D eigenvalue weighted by Crippen LogP contribution is 2.69. The van der Waals surface area contributed by atoms with Crippen LogP contribution in [0.1, 0.15) is 88.2 Å². The van der Waals surface area contributed by atoms with Crippen LogP contribution in [-0.4, -0.2) is 0 Å². The van der Waals surface area contributed by atoms with Gasteiger partial charge < -0.3 is 48.6 Å². The summed E-state index contributed by atoms with van der Waals surface area (Å²) in [5.74, 6) is 7.98. The number of anilines is 6. The molecule has 4 aromatic rings. The number of rotatable bonds is 8. The second-order valence-corrected chi connectivity index (χ2v) is 18.0. The number of hydrogen-bond donors (Lipinski definition) is 6. The highest BCUT2D eigenvalue weighted by Gasteiger charge is 2.58. The Labute approximate surface area is 311 Å². The zero-order chi connectivity index (χ0) is 36.2. The van der Waals surface area contributed by atoms with Crippen LogP contribution < -0.4 is 48.6 Å². The minimum atomic E-state index is -0.139. The van der Waals surface area contributed by atoms with Crippen LogP contribution in [0.4, 0.5) is 34.1 Å². The Morgan fingerprint density at radius 3 is 0.981 bits per heavy atom. The van der Waals surface area contributed by atoms with E-state index in [1.54, 1.807) is 18.2 Å². The SMILES string of the molecule is Nc1ccc(Oc2cc(Oc3ccc(N)cc3N)c(C34CC5CC(CC(C5)C3)C4)c(Oc3ccc(N)cc3N)c2C23CC4CC(CC(C4)C2)C3)c(N)c1. The number of ether oxygens (including phenoxy) is 3. The number of nitrogen functional groups attached to an aromatic ring is 6. The van der Waals surface area contributed by atoms with Crippen molar-refractivity contribution >= 4 is 34.1 Å². The zero-order valence-corrected chi connectivity index (χ0v) is 30.4. The fourth-order valence-corrected chi connectivity index (χ4v) is 13.0. The molecule has 0 amide bonds. The molecular weight excluding hydrogens is 661 g/mol. The van der Waals surface area contributed by atoms with Crippen molar-refractivity contribution in [1.82, 2.24) is 0 Å². The van der Waals surface area contributed by atoms with E-state index in [2.05, 4.69) is 6.07 Å². The minimum Gasteiger partial charge on any atom is -0.455 e. The maximum absolute atomic E-state index is 7.42. The third-order valence-electron chi connectivity index (χ3n) is 14.1. The second kappa shape index (κ2) is 11.8. The van der Waals surface area contributed by atoms with Crippen LogP contribution in [0.15, 0.2) is 60.7 Å². The highest BCUT2D eigenvalue weighted by molar-refractivity contribution is 5.71. The van der Waals surface area contributed by atoms with Crippen LogP contribution in [0.5, 0.6) is 34.5 Å². The molecular formula is C44H52N6O3. The predicted molar refractivity (Wildman–Crippen MR) is 212 cm³/mol. The predicted octanol–water partition coefficient (Wildman–Crippen LogP) is 9.49. The van der Waals surface area contributed by atoms with E-state index in [1.807, 2.05) is 36.4 Å². The summed E-state index contributed by atoms with van der Waals surface area (Å²) in [6.45, 7) is 0. The molecule has 12 N–H and O–H groups in total. The van der Waals surface area contributed by atoms with E-state index >= 15 is 0 Å². The van der Waals surface area contributed by atoms with Gasteiger partial charge in [0, 0.05) is 45.1 Å². The molecule has 8 aliphatic carbocycles. The number of benzene rings is 4. The molecule has 12 rings (SSSR count). The lowest BCUT2D eigenvalue weighted by Crippen LogP contribution is -2.50. The molecule has 0 saturated heterocycles. The van der Waals surface area contributed by atoms with E-state index in [-0.39, 0.29) is 10.8 Å². The van der Waals surface area contributed by atoms with Gasteiger partial charge in [-0.1, -0.05) is 0 Å². The molecule has 0 aliphatic heterocycles. The largest absolute Gasteiger partial charge is 0.455 e. The van der Waals surface area contributed by atoms with Gasteiger partial charge in [0.2, 0.25) is 0 Å². The lowest BCUT2D eigenvalue weighted by Gasteiger charge is -2.59. The Hall–Kier alpha value is -4.92. The third kappa shape index (κ3) is 5.48. The molecule has 9 nitrogen and oxygen atoms in total. The summed E-state index contributed by atoms with van der Waals surface area (Å²) >= 11 is 0. The molecule has 0 unspecified atom stereocenters. The smallest absolute Gasteiger partial charge is 0.150 e. The first-order valence-electron chi connectivity index (χ1n) is 19.7. The second-order valence-electron chi connectivity index (χ2n) is 18.0. The first-order chi connectivity index (χ1) is 25.5. The first kappa shape index (κ1) is 32.7. The lowest BCUT2D eigenvalue weighted by atomic mass is 9.46. The van der Waals surface area contributed by atoms with E-state index in [0.717, 1.165) is 55.4 Å². The van der Waals surface area contributed by atoms with Gasteiger partial charge in [0.15, 0.2) is 0 Å². The standard InChI is InChI=1S/C44H52N6O3/c45-29-1-4-35(32(48)13-29)51-38-16-39(52-36-5-2-30(46)14-33(36)49)41(44-20-26-10-27(21-44)12-28(11-26)22-44)42(53-37-6-3-31(47)15-34(37)50)40(38)43-17-23-7-24(18-43)9-25(8-23)19-43/h1-6,13-16,23-28H,7-12,17-22,45-50H2. The Balaban J connectivity index is 1.28. The summed E-state index contributed by atoms with van der Waals surface area (Å²) in [5.41, 5.74) is 43.8. The van der Waals surface area contributed by atoms with Gasteiger partial charge in [-0.25, -0.2) is 0 Å². The molecule has 0 heterocycles. The van der Waals surface area contributed by atoms with Crippen molar-refractivity contribution in [3.63, 3.8) is 0 Å². The Morgan fingerprint density at radius 1 is 0.377 bits per heavy atom. The van der Waals surface area contributed by atoms with Crippen molar-refractivity contribution in [2.75, 3.05) is 34.4 Å². The zero-order valence-electron chi connectivity index (χ0n) is 30.4. The van der Waals surface area contributed by atoms with Crippen LogP contribution in [0, 0.1) is 35.5 Å². The molecule has 53 heavy (non-hydrogen) atoms. The third-order valence-corrected chi connectivity index (χ3v) is 14.1.